The van der Waals surface area contributed by atoms with Crippen molar-refractivity contribution < 1.29 is 4.79 Å². The Hall–Kier alpha value is -0.570. The predicted octanol–water partition coefficient (Wildman–Crippen LogP) is 1.49. The van der Waals surface area contributed by atoms with Crippen LogP contribution in [0.25, 0.3) is 0 Å². The lowest BCUT2D eigenvalue weighted by Crippen LogP contribution is -2.42. The van der Waals surface area contributed by atoms with Crippen LogP contribution < -0.4 is 5.32 Å². The molecule has 1 saturated carbocycles. The van der Waals surface area contributed by atoms with Crippen LogP contribution in [0.15, 0.2) is 0 Å². The van der Waals surface area contributed by atoms with Gasteiger partial charge in [-0.1, -0.05) is 20.8 Å². The van der Waals surface area contributed by atoms with E-state index < -0.39 is 0 Å². The zero-order valence-corrected chi connectivity index (χ0v) is 10.7. The van der Waals surface area contributed by atoms with Gasteiger partial charge in [0.25, 0.3) is 0 Å². The molecule has 0 aromatic rings. The summed E-state index contributed by atoms with van der Waals surface area (Å²) in [7, 11) is 0. The zero-order valence-electron chi connectivity index (χ0n) is 10.7. The zero-order chi connectivity index (χ0) is 11.7. The molecule has 1 heterocycles. The van der Waals surface area contributed by atoms with Crippen LogP contribution in [-0.4, -0.2) is 36.5 Å². The quantitative estimate of drug-likeness (QED) is 0.784. The molecule has 3 heteroatoms. The van der Waals surface area contributed by atoms with Crippen LogP contribution in [-0.2, 0) is 4.79 Å². The maximum Gasteiger partial charge on any atom is 0.227 e. The third kappa shape index (κ3) is 2.57. The first-order chi connectivity index (χ1) is 7.59. The van der Waals surface area contributed by atoms with Crippen molar-refractivity contribution in [3.05, 3.63) is 0 Å². The summed E-state index contributed by atoms with van der Waals surface area (Å²) in [6.45, 7) is 9.38. The minimum absolute atomic E-state index is 0.222. The Bertz CT molecular complexity index is 261. The van der Waals surface area contributed by atoms with Gasteiger partial charge in [0.2, 0.25) is 5.91 Å². The van der Waals surface area contributed by atoms with Gasteiger partial charge in [-0.25, -0.2) is 0 Å². The topological polar surface area (TPSA) is 32.3 Å². The third-order valence-corrected chi connectivity index (χ3v) is 3.67. The molecule has 92 valence electrons. The van der Waals surface area contributed by atoms with E-state index in [-0.39, 0.29) is 5.92 Å². The second-order valence-corrected chi connectivity index (χ2v) is 5.86. The van der Waals surface area contributed by atoms with Gasteiger partial charge in [0.05, 0.1) is 5.92 Å². The van der Waals surface area contributed by atoms with Gasteiger partial charge in [-0.15, -0.1) is 0 Å². The van der Waals surface area contributed by atoms with E-state index in [4.69, 9.17) is 0 Å². The van der Waals surface area contributed by atoms with Crippen molar-refractivity contribution in [1.29, 1.82) is 0 Å². The van der Waals surface area contributed by atoms with Crippen molar-refractivity contribution in [2.45, 2.75) is 39.7 Å². The molecular formula is C13H24N2O. The highest BCUT2D eigenvalue weighted by molar-refractivity contribution is 5.80. The average Bonchev–Trinajstić information content (AvgIpc) is 2.97. The number of nitrogens with zero attached hydrogens (tertiary/aromatic N) is 1. The van der Waals surface area contributed by atoms with Gasteiger partial charge in [-0.05, 0) is 31.2 Å². The molecule has 0 bridgehead atoms. The lowest BCUT2D eigenvalue weighted by Gasteiger charge is -2.28. The Balaban J connectivity index is 1.98. The van der Waals surface area contributed by atoms with Crippen molar-refractivity contribution in [1.82, 2.24) is 10.2 Å². The molecule has 2 atom stereocenters. The molecule has 0 unspecified atom stereocenters. The lowest BCUT2D eigenvalue weighted by atomic mass is 9.96. The second kappa shape index (κ2) is 4.74. The molecule has 3 nitrogen and oxygen atoms in total. The number of rotatable bonds is 4. The van der Waals surface area contributed by atoms with E-state index in [1.165, 1.54) is 12.8 Å². The highest BCUT2D eigenvalue weighted by Crippen LogP contribution is 2.30. The molecule has 16 heavy (non-hydrogen) atoms. The summed E-state index contributed by atoms with van der Waals surface area (Å²) in [5, 5.41) is 3.32. The van der Waals surface area contributed by atoms with Crippen LogP contribution in [0.2, 0.25) is 0 Å². The van der Waals surface area contributed by atoms with Gasteiger partial charge < -0.3 is 10.2 Å². The maximum absolute atomic E-state index is 12.5. The summed E-state index contributed by atoms with van der Waals surface area (Å²) >= 11 is 0. The molecule has 1 aliphatic carbocycles. The summed E-state index contributed by atoms with van der Waals surface area (Å²) in [5.41, 5.74) is 0. The van der Waals surface area contributed by atoms with E-state index in [2.05, 4.69) is 31.0 Å². The van der Waals surface area contributed by atoms with E-state index in [0.29, 0.717) is 23.8 Å². The largest absolute Gasteiger partial charge is 0.339 e. The summed E-state index contributed by atoms with van der Waals surface area (Å²) in [4.78, 5) is 14.6. The Morgan fingerprint density at radius 1 is 1.38 bits per heavy atom. The first-order valence-corrected chi connectivity index (χ1v) is 6.60. The summed E-state index contributed by atoms with van der Waals surface area (Å²) in [6, 6.07) is 0.558. The molecule has 0 radical (unpaired) electrons. The third-order valence-electron chi connectivity index (χ3n) is 3.67. The van der Waals surface area contributed by atoms with Gasteiger partial charge in [0, 0.05) is 19.1 Å². The Morgan fingerprint density at radius 2 is 2.06 bits per heavy atom. The van der Waals surface area contributed by atoms with E-state index in [1.807, 2.05) is 0 Å². The van der Waals surface area contributed by atoms with Crippen LogP contribution in [0.5, 0.6) is 0 Å². The van der Waals surface area contributed by atoms with Crippen molar-refractivity contribution in [2.24, 2.45) is 17.8 Å². The normalized spacial score (nSPS) is 29.8. The van der Waals surface area contributed by atoms with Crippen LogP contribution >= 0.6 is 0 Å². The minimum Gasteiger partial charge on any atom is -0.339 e. The summed E-state index contributed by atoms with van der Waals surface area (Å²) < 4.78 is 0. The SMILES string of the molecule is CC(C)CN(C(=O)[C@@H]1CNC[C@H]1C)C1CC1. The minimum atomic E-state index is 0.222. The Labute approximate surface area is 98.6 Å². The Morgan fingerprint density at radius 3 is 2.50 bits per heavy atom. The fraction of sp³-hybridized carbons (Fsp3) is 0.923. The van der Waals surface area contributed by atoms with E-state index >= 15 is 0 Å². The van der Waals surface area contributed by atoms with Gasteiger partial charge in [0.15, 0.2) is 0 Å². The van der Waals surface area contributed by atoms with Gasteiger partial charge in [-0.2, -0.15) is 0 Å². The fourth-order valence-electron chi connectivity index (χ4n) is 2.55. The molecule has 1 amide bonds. The fourth-order valence-corrected chi connectivity index (χ4v) is 2.55. The Kier molecular flexibility index (Phi) is 3.53. The second-order valence-electron chi connectivity index (χ2n) is 5.86. The molecule has 0 spiro atoms. The molecule has 1 aliphatic heterocycles. The summed E-state index contributed by atoms with van der Waals surface area (Å²) in [5.74, 6) is 1.70. The predicted molar refractivity (Wildman–Crippen MR) is 65.1 cm³/mol. The van der Waals surface area contributed by atoms with E-state index in [9.17, 15) is 4.79 Å². The number of carbonyl (C=O) groups excluding carboxylic acids is 1. The molecule has 0 aromatic heterocycles. The maximum atomic E-state index is 12.5. The average molecular weight is 224 g/mol. The molecular weight excluding hydrogens is 200 g/mol. The smallest absolute Gasteiger partial charge is 0.227 e. The monoisotopic (exact) mass is 224 g/mol. The van der Waals surface area contributed by atoms with Crippen LogP contribution in [0.3, 0.4) is 0 Å². The van der Waals surface area contributed by atoms with Gasteiger partial charge in [0.1, 0.15) is 0 Å². The first-order valence-electron chi connectivity index (χ1n) is 6.60. The highest BCUT2D eigenvalue weighted by atomic mass is 16.2. The first kappa shape index (κ1) is 11.9. The number of amides is 1. The van der Waals surface area contributed by atoms with Gasteiger partial charge in [-0.3, -0.25) is 4.79 Å². The van der Waals surface area contributed by atoms with E-state index in [1.54, 1.807) is 0 Å². The van der Waals surface area contributed by atoms with Gasteiger partial charge >= 0.3 is 0 Å². The molecule has 0 aromatic carbocycles. The number of carbonyl (C=O) groups is 1. The van der Waals surface area contributed by atoms with Crippen LogP contribution in [0, 0.1) is 17.8 Å². The van der Waals surface area contributed by atoms with Crippen LogP contribution in [0.1, 0.15) is 33.6 Å². The molecule has 1 saturated heterocycles. The molecule has 1 N–H and O–H groups in total. The number of hydrogen-bond donors (Lipinski definition) is 1. The van der Waals surface area contributed by atoms with Crippen LogP contribution in [0.4, 0.5) is 0 Å². The van der Waals surface area contributed by atoms with E-state index in [0.717, 1.165) is 19.6 Å². The van der Waals surface area contributed by atoms with Crippen molar-refractivity contribution in [3.63, 3.8) is 0 Å². The molecule has 2 aliphatic rings. The standard InChI is InChI=1S/C13H24N2O/c1-9(2)8-15(11-4-5-11)13(16)12-7-14-6-10(12)3/h9-12,14H,4-8H2,1-3H3/t10-,12-/m1/s1. The number of hydrogen-bond acceptors (Lipinski definition) is 2. The number of nitrogens with one attached hydrogen (secondary N) is 1. The molecule has 2 fully saturated rings. The highest BCUT2D eigenvalue weighted by Gasteiger charge is 2.39. The molecule has 2 rings (SSSR count). The summed E-state index contributed by atoms with van der Waals surface area (Å²) in [6.07, 6.45) is 2.43. The van der Waals surface area contributed by atoms with Crippen molar-refractivity contribution >= 4 is 5.91 Å². The van der Waals surface area contributed by atoms with Crippen molar-refractivity contribution in [3.8, 4) is 0 Å². The lowest BCUT2D eigenvalue weighted by molar-refractivity contribution is -0.137. The van der Waals surface area contributed by atoms with Crippen molar-refractivity contribution in [2.75, 3.05) is 19.6 Å².